The number of imide groups is 1. The Morgan fingerprint density at radius 2 is 1.18 bits per heavy atom. The molecular weight excluding hydrogens is 775 g/mol. The molecule has 0 aromatic heterocycles. The van der Waals surface area contributed by atoms with Gasteiger partial charge in [-0.1, -0.05) is 162 Å². The van der Waals surface area contributed by atoms with Gasteiger partial charge in [-0.2, -0.15) is 0 Å². The van der Waals surface area contributed by atoms with Gasteiger partial charge in [-0.15, -0.1) is 0 Å². The van der Waals surface area contributed by atoms with E-state index in [1.165, 1.54) is 88.4 Å². The minimum absolute atomic E-state index is 0.0912. The number of hydrogen-bond donors (Lipinski definition) is 6. The van der Waals surface area contributed by atoms with E-state index in [4.69, 9.17) is 16.2 Å². The smallest absolute Gasteiger partial charge is 0.255 e. The zero-order chi connectivity index (χ0) is 45.3. The van der Waals surface area contributed by atoms with Crippen LogP contribution in [0.5, 0.6) is 0 Å². The third-order valence-corrected chi connectivity index (χ3v) is 11.9. The Morgan fingerprint density at radius 1 is 0.705 bits per heavy atom. The molecule has 13 nitrogen and oxygen atoms in total. The molecule has 4 amide bonds. The first-order valence-electron chi connectivity index (χ1n) is 24.6. The molecule has 0 saturated carbocycles. The number of nitrogens with zero attached hydrogens (tertiary/aromatic N) is 2. The average Bonchev–Trinajstić information content (AvgIpc) is 3.24. The molecule has 1 heterocycles. The fourth-order valence-corrected chi connectivity index (χ4v) is 8.36. The summed E-state index contributed by atoms with van der Waals surface area (Å²) in [6.45, 7) is 6.47. The minimum Gasteiger partial charge on any atom is -0.394 e. The van der Waals surface area contributed by atoms with E-state index in [0.29, 0.717) is 12.8 Å². The molecule has 0 spiro atoms. The first kappa shape index (κ1) is 56.6. The molecule has 1 saturated heterocycles. The Balaban J connectivity index is 3.27. The quantitative estimate of drug-likeness (QED) is 0.0206. The molecule has 5 atom stereocenters. The lowest BCUT2D eigenvalue weighted by Gasteiger charge is -2.54. The fourth-order valence-electron chi connectivity index (χ4n) is 8.36. The van der Waals surface area contributed by atoms with E-state index in [-0.39, 0.29) is 31.2 Å². The Hall–Kier alpha value is -2.42. The van der Waals surface area contributed by atoms with Crippen molar-refractivity contribution in [3.8, 4) is 0 Å². The van der Waals surface area contributed by atoms with Gasteiger partial charge in [0.05, 0.1) is 25.8 Å². The van der Waals surface area contributed by atoms with E-state index in [2.05, 4.69) is 31.3 Å². The van der Waals surface area contributed by atoms with E-state index in [1.807, 2.05) is 13.8 Å². The largest absolute Gasteiger partial charge is 0.394 e. The summed E-state index contributed by atoms with van der Waals surface area (Å²) in [4.78, 5) is 58.0. The lowest BCUT2D eigenvalue weighted by atomic mass is 9.93. The second kappa shape index (κ2) is 35.0. The van der Waals surface area contributed by atoms with Crippen LogP contribution in [0.25, 0.3) is 0 Å². The topological polar surface area (TPSA) is 209 Å². The van der Waals surface area contributed by atoms with Crippen LogP contribution in [0, 0.1) is 5.92 Å². The minimum atomic E-state index is -2.24. The van der Waals surface area contributed by atoms with Gasteiger partial charge in [0.1, 0.15) is 18.2 Å². The number of allylic oxidation sites excluding steroid dienone is 2. The lowest BCUT2D eigenvalue weighted by Crippen LogP contribution is -2.75. The molecule has 356 valence electrons. The maximum Gasteiger partial charge on any atom is 0.255 e. The average molecular weight is 866 g/mol. The molecular formula is C48H91N5O8. The predicted molar refractivity (Wildman–Crippen MR) is 245 cm³/mol. The monoisotopic (exact) mass is 866 g/mol. The molecule has 0 radical (unpaired) electrons. The molecule has 0 bridgehead atoms. The highest BCUT2D eigenvalue weighted by molar-refractivity contribution is 6.01. The van der Waals surface area contributed by atoms with Gasteiger partial charge < -0.3 is 36.8 Å². The van der Waals surface area contributed by atoms with Crippen LogP contribution >= 0.6 is 0 Å². The number of nitrogens with one attached hydrogen (secondary N) is 1. The molecule has 61 heavy (non-hydrogen) atoms. The van der Waals surface area contributed by atoms with Crippen molar-refractivity contribution in [3.05, 3.63) is 12.2 Å². The lowest BCUT2D eigenvalue weighted by molar-refractivity contribution is -0.312. The molecule has 1 fully saturated rings. The summed E-state index contributed by atoms with van der Waals surface area (Å²) in [6, 6.07) is -1.24. The number of nitrogens with two attached hydrogens (primary N) is 2. The van der Waals surface area contributed by atoms with Gasteiger partial charge in [-0.05, 0) is 50.9 Å². The SMILES string of the molecule is CCCCCCCC/C=C\CCCCCCCC(=O)N(CCCCCCCCCCCCCC)[C@@]1(N(C(=O)CN)C(=O)[C@H](CC(C)C)NC(=O)CN)C[C@@H](O)[C@H](O)[C@@H](CO)O1. The van der Waals surface area contributed by atoms with Crippen LogP contribution in [0.1, 0.15) is 207 Å². The van der Waals surface area contributed by atoms with Gasteiger partial charge in [-0.25, -0.2) is 4.90 Å². The normalized spacial score (nSPS) is 19.7. The third kappa shape index (κ3) is 22.7. The van der Waals surface area contributed by atoms with Gasteiger partial charge in [0.15, 0.2) is 0 Å². The molecule has 0 aromatic rings. The van der Waals surface area contributed by atoms with Gasteiger partial charge >= 0.3 is 0 Å². The first-order valence-corrected chi connectivity index (χ1v) is 24.6. The molecule has 1 rings (SSSR count). The van der Waals surface area contributed by atoms with Gasteiger partial charge in [0.2, 0.25) is 23.6 Å². The Labute approximate surface area is 370 Å². The van der Waals surface area contributed by atoms with E-state index in [0.717, 1.165) is 69.1 Å². The number of rotatable bonds is 37. The third-order valence-electron chi connectivity index (χ3n) is 11.9. The van der Waals surface area contributed by atoms with Crippen LogP contribution in [-0.2, 0) is 23.9 Å². The summed E-state index contributed by atoms with van der Waals surface area (Å²) in [7, 11) is 0. The Morgan fingerprint density at radius 3 is 1.64 bits per heavy atom. The summed E-state index contributed by atoms with van der Waals surface area (Å²) in [5.74, 6) is -5.11. The number of amides is 4. The molecule has 0 aliphatic carbocycles. The number of hydrogen-bond acceptors (Lipinski definition) is 10. The molecule has 13 heteroatoms. The van der Waals surface area contributed by atoms with E-state index >= 15 is 0 Å². The van der Waals surface area contributed by atoms with Crippen LogP contribution < -0.4 is 16.8 Å². The number of unbranched alkanes of at least 4 members (excludes halogenated alkanes) is 22. The summed E-state index contributed by atoms with van der Waals surface area (Å²) < 4.78 is 6.40. The van der Waals surface area contributed by atoms with Crippen molar-refractivity contribution in [2.45, 2.75) is 238 Å². The summed E-state index contributed by atoms with van der Waals surface area (Å²) >= 11 is 0. The van der Waals surface area contributed by atoms with Gasteiger partial charge in [0.25, 0.3) is 5.91 Å². The zero-order valence-electron chi connectivity index (χ0n) is 39.1. The zero-order valence-corrected chi connectivity index (χ0v) is 39.1. The second-order valence-corrected chi connectivity index (χ2v) is 17.8. The summed E-state index contributed by atoms with van der Waals surface area (Å²) in [5.41, 5.74) is 11.6. The Kier molecular flexibility index (Phi) is 32.5. The molecule has 0 unspecified atom stereocenters. The van der Waals surface area contributed by atoms with E-state index < -0.39 is 74.0 Å². The number of ether oxygens (including phenoxy) is 1. The first-order chi connectivity index (χ1) is 29.4. The summed E-state index contributed by atoms with van der Waals surface area (Å²) in [6.07, 6.45) is 27.3. The number of aliphatic hydroxyl groups is 3. The van der Waals surface area contributed by atoms with Crippen LogP contribution in [0.15, 0.2) is 12.2 Å². The van der Waals surface area contributed by atoms with Crippen molar-refractivity contribution >= 4 is 23.6 Å². The highest BCUT2D eigenvalue weighted by Crippen LogP contribution is 2.38. The summed E-state index contributed by atoms with van der Waals surface area (Å²) in [5, 5.41) is 35.2. The number of carbonyl (C=O) groups is 4. The van der Waals surface area contributed by atoms with E-state index in [9.17, 15) is 34.5 Å². The molecule has 8 N–H and O–H groups in total. The number of aliphatic hydroxyl groups excluding tert-OH is 3. The van der Waals surface area contributed by atoms with Gasteiger partial charge in [-0.3, -0.25) is 24.1 Å². The molecule has 0 aromatic carbocycles. The van der Waals surface area contributed by atoms with Crippen LogP contribution in [0.3, 0.4) is 0 Å². The fraction of sp³-hybridized carbons (Fsp3) is 0.875. The van der Waals surface area contributed by atoms with Crippen molar-refractivity contribution in [2.75, 3.05) is 26.2 Å². The Bertz CT molecular complexity index is 1200. The highest BCUT2D eigenvalue weighted by atomic mass is 16.6. The van der Waals surface area contributed by atoms with Crippen LogP contribution in [0.4, 0.5) is 0 Å². The van der Waals surface area contributed by atoms with E-state index in [1.54, 1.807) is 0 Å². The maximum atomic E-state index is 14.7. The highest BCUT2D eigenvalue weighted by Gasteiger charge is 2.58. The van der Waals surface area contributed by atoms with Crippen LogP contribution in [0.2, 0.25) is 0 Å². The van der Waals surface area contributed by atoms with Gasteiger partial charge in [0, 0.05) is 19.4 Å². The van der Waals surface area contributed by atoms with Crippen molar-refractivity contribution in [3.63, 3.8) is 0 Å². The standard InChI is InChI=1S/C48H91N5O8/c1-5-7-9-11-13-15-17-19-20-21-22-24-26-28-30-32-44(57)52(33-31-29-27-25-23-18-16-14-12-10-8-6-2)48(35-41(55)46(59)42(38-54)61-48)53(45(58)37-50)47(60)40(34-39(3)4)51-43(56)36-49/h19-20,39-42,46,54-55,59H,5-18,21-38,49-50H2,1-4H3,(H,51,56)/b20-19-/t40-,41+,42+,46-,48+/m0/s1. The molecule has 1 aliphatic heterocycles. The van der Waals surface area contributed by atoms with Crippen molar-refractivity contribution in [2.24, 2.45) is 17.4 Å². The van der Waals surface area contributed by atoms with Crippen molar-refractivity contribution in [1.82, 2.24) is 15.1 Å². The predicted octanol–water partition coefficient (Wildman–Crippen LogP) is 7.51. The number of carbonyl (C=O) groups excluding carboxylic acids is 4. The van der Waals surface area contributed by atoms with Crippen molar-refractivity contribution < 1.29 is 39.2 Å². The molecule has 1 aliphatic rings. The second-order valence-electron chi connectivity index (χ2n) is 17.8. The van der Waals surface area contributed by atoms with Crippen molar-refractivity contribution in [1.29, 1.82) is 0 Å². The maximum absolute atomic E-state index is 14.7. The van der Waals surface area contributed by atoms with Crippen LogP contribution in [-0.4, -0.2) is 105 Å².